The summed E-state index contributed by atoms with van der Waals surface area (Å²) in [5.74, 6) is 0.424. The van der Waals surface area contributed by atoms with Gasteiger partial charge in [0.15, 0.2) is 0 Å². The van der Waals surface area contributed by atoms with E-state index < -0.39 is 0 Å². The zero-order chi connectivity index (χ0) is 19.2. The smallest absolute Gasteiger partial charge is 0.228 e. The van der Waals surface area contributed by atoms with Crippen molar-refractivity contribution in [2.45, 2.75) is 19.9 Å². The second kappa shape index (κ2) is 8.77. The second-order valence-corrected chi connectivity index (χ2v) is 6.98. The standard InChI is InChI=1S/C21H21FN2O2S/c1-3-26-18-10-8-15(9-11-18)21-23-17(14-27-21)12-20(25)24(2)13-16-6-4-5-7-19(16)22/h4-11,14H,3,12-13H2,1-2H3. The quantitative estimate of drug-likeness (QED) is 0.600. The van der Waals surface area contributed by atoms with Crippen LogP contribution in [0.15, 0.2) is 53.9 Å². The molecule has 1 heterocycles. The predicted molar refractivity (Wildman–Crippen MR) is 105 cm³/mol. The highest BCUT2D eigenvalue weighted by atomic mass is 32.1. The molecule has 0 aliphatic carbocycles. The van der Waals surface area contributed by atoms with Crippen LogP contribution >= 0.6 is 11.3 Å². The van der Waals surface area contributed by atoms with Crippen molar-refractivity contribution in [3.05, 3.63) is 71.0 Å². The first kappa shape index (κ1) is 19.0. The third-order valence-electron chi connectivity index (χ3n) is 4.09. The van der Waals surface area contributed by atoms with E-state index >= 15 is 0 Å². The molecule has 27 heavy (non-hydrogen) atoms. The van der Waals surface area contributed by atoms with Crippen molar-refractivity contribution in [3.8, 4) is 16.3 Å². The number of benzene rings is 2. The fourth-order valence-electron chi connectivity index (χ4n) is 2.64. The summed E-state index contributed by atoms with van der Waals surface area (Å²) in [6.07, 6.45) is 0.193. The molecule has 0 N–H and O–H groups in total. The highest BCUT2D eigenvalue weighted by Gasteiger charge is 2.14. The summed E-state index contributed by atoms with van der Waals surface area (Å²) in [5, 5.41) is 2.75. The SMILES string of the molecule is CCOc1ccc(-c2nc(CC(=O)N(C)Cc3ccccc3F)cs2)cc1. The molecule has 1 aromatic heterocycles. The van der Waals surface area contributed by atoms with Gasteiger partial charge in [0.2, 0.25) is 5.91 Å². The van der Waals surface area contributed by atoms with Crippen LogP contribution in [0.2, 0.25) is 0 Å². The van der Waals surface area contributed by atoms with E-state index in [9.17, 15) is 9.18 Å². The molecule has 0 atom stereocenters. The van der Waals surface area contributed by atoms with Crippen LogP contribution < -0.4 is 4.74 Å². The molecule has 0 bridgehead atoms. The van der Waals surface area contributed by atoms with Gasteiger partial charge in [0.25, 0.3) is 0 Å². The number of carbonyl (C=O) groups excluding carboxylic acids is 1. The first-order valence-electron chi connectivity index (χ1n) is 8.72. The van der Waals surface area contributed by atoms with Gasteiger partial charge in [-0.3, -0.25) is 4.79 Å². The van der Waals surface area contributed by atoms with Crippen molar-refractivity contribution >= 4 is 17.2 Å². The Labute approximate surface area is 162 Å². The number of rotatable bonds is 7. The summed E-state index contributed by atoms with van der Waals surface area (Å²) >= 11 is 1.50. The minimum atomic E-state index is -0.302. The van der Waals surface area contributed by atoms with Gasteiger partial charge in [0.1, 0.15) is 16.6 Å². The lowest BCUT2D eigenvalue weighted by molar-refractivity contribution is -0.129. The zero-order valence-corrected chi connectivity index (χ0v) is 16.1. The normalized spacial score (nSPS) is 10.6. The first-order valence-corrected chi connectivity index (χ1v) is 9.59. The number of thiazole rings is 1. The third-order valence-corrected chi connectivity index (χ3v) is 5.03. The summed E-state index contributed by atoms with van der Waals surface area (Å²) in [4.78, 5) is 18.5. The van der Waals surface area contributed by atoms with Gasteiger partial charge in [-0.1, -0.05) is 18.2 Å². The van der Waals surface area contributed by atoms with Gasteiger partial charge >= 0.3 is 0 Å². The van der Waals surface area contributed by atoms with E-state index in [1.807, 2.05) is 36.6 Å². The van der Waals surface area contributed by atoms with Crippen LogP contribution in [0.5, 0.6) is 5.75 Å². The maximum Gasteiger partial charge on any atom is 0.228 e. The zero-order valence-electron chi connectivity index (χ0n) is 15.3. The van der Waals surface area contributed by atoms with Crippen LogP contribution in [0, 0.1) is 5.82 Å². The van der Waals surface area contributed by atoms with E-state index in [0.717, 1.165) is 16.3 Å². The topological polar surface area (TPSA) is 42.4 Å². The van der Waals surface area contributed by atoms with Crippen LogP contribution in [0.1, 0.15) is 18.2 Å². The van der Waals surface area contributed by atoms with Crippen LogP contribution in [-0.2, 0) is 17.8 Å². The molecule has 2 aromatic carbocycles. The molecule has 1 amide bonds. The predicted octanol–water partition coefficient (Wildman–Crippen LogP) is 4.55. The minimum Gasteiger partial charge on any atom is -0.494 e. The highest BCUT2D eigenvalue weighted by Crippen LogP contribution is 2.26. The van der Waals surface area contributed by atoms with Crippen molar-refractivity contribution in [2.24, 2.45) is 0 Å². The number of ether oxygens (including phenoxy) is 1. The Morgan fingerprint density at radius 1 is 1.19 bits per heavy atom. The second-order valence-electron chi connectivity index (χ2n) is 6.12. The lowest BCUT2D eigenvalue weighted by atomic mass is 10.2. The van der Waals surface area contributed by atoms with E-state index in [2.05, 4.69) is 4.98 Å². The average molecular weight is 384 g/mol. The number of hydrogen-bond donors (Lipinski definition) is 0. The molecular formula is C21H21FN2O2S. The van der Waals surface area contributed by atoms with Crippen LogP contribution in [0.25, 0.3) is 10.6 Å². The Hall–Kier alpha value is -2.73. The minimum absolute atomic E-state index is 0.0956. The van der Waals surface area contributed by atoms with Gasteiger partial charge in [0, 0.05) is 30.1 Å². The Balaban J connectivity index is 1.62. The number of halogens is 1. The highest BCUT2D eigenvalue weighted by molar-refractivity contribution is 7.13. The number of nitrogens with zero attached hydrogens (tertiary/aromatic N) is 2. The summed E-state index contributed by atoms with van der Waals surface area (Å²) in [6.45, 7) is 2.81. The molecule has 0 unspecified atom stereocenters. The Kier molecular flexibility index (Phi) is 6.19. The summed E-state index contributed by atoms with van der Waals surface area (Å²) in [5.41, 5.74) is 2.21. The number of likely N-dealkylation sites (N-methyl/N-ethyl adjacent to an activating group) is 1. The molecule has 4 nitrogen and oxygen atoms in total. The van der Waals surface area contributed by atoms with Crippen LogP contribution in [-0.4, -0.2) is 29.4 Å². The third kappa shape index (κ3) is 4.92. The van der Waals surface area contributed by atoms with Gasteiger partial charge in [0.05, 0.1) is 18.7 Å². The van der Waals surface area contributed by atoms with Crippen LogP contribution in [0.3, 0.4) is 0 Å². The van der Waals surface area contributed by atoms with E-state index in [-0.39, 0.29) is 24.7 Å². The van der Waals surface area contributed by atoms with Crippen molar-refractivity contribution in [1.82, 2.24) is 9.88 Å². The first-order chi connectivity index (χ1) is 13.1. The number of aromatic nitrogens is 1. The molecule has 0 spiro atoms. The summed E-state index contributed by atoms with van der Waals surface area (Å²) < 4.78 is 19.2. The molecule has 0 saturated heterocycles. The number of hydrogen-bond acceptors (Lipinski definition) is 4. The summed E-state index contributed by atoms with van der Waals surface area (Å²) in [6, 6.07) is 14.2. The molecule has 3 aromatic rings. The molecular weight excluding hydrogens is 363 g/mol. The van der Waals surface area contributed by atoms with Gasteiger partial charge < -0.3 is 9.64 Å². The van der Waals surface area contributed by atoms with Crippen molar-refractivity contribution in [1.29, 1.82) is 0 Å². The molecule has 140 valence electrons. The van der Waals surface area contributed by atoms with Crippen molar-refractivity contribution < 1.29 is 13.9 Å². The Morgan fingerprint density at radius 3 is 2.63 bits per heavy atom. The molecule has 0 radical (unpaired) electrons. The van der Waals surface area contributed by atoms with E-state index in [1.165, 1.54) is 22.3 Å². The maximum atomic E-state index is 13.8. The monoisotopic (exact) mass is 384 g/mol. The number of amides is 1. The van der Waals surface area contributed by atoms with Crippen molar-refractivity contribution in [2.75, 3.05) is 13.7 Å². The molecule has 0 aliphatic rings. The van der Waals surface area contributed by atoms with E-state index in [4.69, 9.17) is 4.74 Å². The lowest BCUT2D eigenvalue weighted by Crippen LogP contribution is -2.28. The van der Waals surface area contributed by atoms with Gasteiger partial charge in [-0.2, -0.15) is 0 Å². The summed E-state index contributed by atoms with van der Waals surface area (Å²) in [7, 11) is 1.68. The average Bonchev–Trinajstić information content (AvgIpc) is 3.13. The Morgan fingerprint density at radius 2 is 1.93 bits per heavy atom. The molecule has 6 heteroatoms. The molecule has 0 saturated carbocycles. The fraction of sp³-hybridized carbons (Fsp3) is 0.238. The molecule has 0 aliphatic heterocycles. The van der Waals surface area contributed by atoms with E-state index in [1.54, 1.807) is 25.2 Å². The lowest BCUT2D eigenvalue weighted by Gasteiger charge is -2.17. The molecule has 3 rings (SSSR count). The van der Waals surface area contributed by atoms with Gasteiger partial charge in [-0.05, 0) is 37.3 Å². The van der Waals surface area contributed by atoms with Gasteiger partial charge in [-0.25, -0.2) is 9.37 Å². The maximum absolute atomic E-state index is 13.8. The fourth-order valence-corrected chi connectivity index (χ4v) is 3.47. The largest absolute Gasteiger partial charge is 0.494 e. The van der Waals surface area contributed by atoms with E-state index in [0.29, 0.717) is 17.9 Å². The van der Waals surface area contributed by atoms with Crippen molar-refractivity contribution in [3.63, 3.8) is 0 Å². The van der Waals surface area contributed by atoms with Crippen LogP contribution in [0.4, 0.5) is 4.39 Å². The number of carbonyl (C=O) groups is 1. The van der Waals surface area contributed by atoms with Gasteiger partial charge in [-0.15, -0.1) is 11.3 Å². The molecule has 0 fully saturated rings. The Bertz CT molecular complexity index is 909.